The first-order chi connectivity index (χ1) is 20.6. The van der Waals surface area contributed by atoms with E-state index in [1.165, 1.54) is 48.7 Å². The highest BCUT2D eigenvalue weighted by Crippen LogP contribution is 2.32. The van der Waals surface area contributed by atoms with Gasteiger partial charge in [0.1, 0.15) is 18.0 Å². The number of carbonyl (C=O) groups is 2. The van der Waals surface area contributed by atoms with Crippen molar-refractivity contribution in [2.75, 3.05) is 22.8 Å². The van der Waals surface area contributed by atoms with Crippen molar-refractivity contribution in [2.24, 2.45) is 5.10 Å². The van der Waals surface area contributed by atoms with Gasteiger partial charge in [-0.1, -0.05) is 54.1 Å². The topological polar surface area (TPSA) is 160 Å². The lowest BCUT2D eigenvalue weighted by molar-refractivity contribution is -0.384. The normalized spacial score (nSPS) is 11.1. The summed E-state index contributed by atoms with van der Waals surface area (Å²) in [5.74, 6) is -0.828. The number of para-hydroxylation sites is 3. The minimum Gasteiger partial charge on any atom is -0.484 e. The van der Waals surface area contributed by atoms with Crippen molar-refractivity contribution in [2.45, 2.75) is 4.90 Å². The van der Waals surface area contributed by atoms with Crippen molar-refractivity contribution < 1.29 is 27.7 Å². The van der Waals surface area contributed by atoms with Crippen LogP contribution >= 0.6 is 11.6 Å². The van der Waals surface area contributed by atoms with Gasteiger partial charge in [0.05, 0.1) is 26.7 Å². The van der Waals surface area contributed by atoms with Gasteiger partial charge >= 0.3 is 0 Å². The second kappa shape index (κ2) is 14.1. The predicted octanol–water partition coefficient (Wildman–Crippen LogP) is 4.61. The van der Waals surface area contributed by atoms with E-state index < -0.39 is 39.0 Å². The molecule has 0 aliphatic carbocycles. The average molecular weight is 622 g/mol. The minimum absolute atomic E-state index is 0.145. The number of rotatable bonds is 12. The zero-order chi connectivity index (χ0) is 30.8. The Balaban J connectivity index is 1.39. The quantitative estimate of drug-likeness (QED) is 0.133. The summed E-state index contributed by atoms with van der Waals surface area (Å²) in [4.78, 5) is 35.7. The number of nitrogens with one attached hydrogen (secondary N) is 2. The first kappa shape index (κ1) is 30.7. The Morgan fingerprint density at radius 2 is 1.56 bits per heavy atom. The minimum atomic E-state index is -4.35. The van der Waals surface area contributed by atoms with Gasteiger partial charge in [-0.15, -0.1) is 0 Å². The Bertz CT molecular complexity index is 1750. The third-order valence-electron chi connectivity index (χ3n) is 5.77. The van der Waals surface area contributed by atoms with E-state index in [4.69, 9.17) is 16.3 Å². The maximum Gasteiger partial charge on any atom is 0.293 e. The fraction of sp³-hybridized carbons (Fsp3) is 0.0690. The third kappa shape index (κ3) is 8.15. The number of benzene rings is 4. The van der Waals surface area contributed by atoms with Crippen LogP contribution in [0, 0.1) is 10.1 Å². The van der Waals surface area contributed by atoms with Crippen molar-refractivity contribution in [3.05, 3.63) is 124 Å². The van der Waals surface area contributed by atoms with Crippen LogP contribution in [0.15, 0.2) is 113 Å². The fourth-order valence-corrected chi connectivity index (χ4v) is 5.38. The van der Waals surface area contributed by atoms with Crippen LogP contribution in [0.2, 0.25) is 5.02 Å². The number of hydrogen-bond acceptors (Lipinski definition) is 8. The monoisotopic (exact) mass is 621 g/mol. The predicted molar refractivity (Wildman–Crippen MR) is 162 cm³/mol. The molecule has 4 aromatic rings. The molecule has 14 heteroatoms. The lowest BCUT2D eigenvalue weighted by Crippen LogP contribution is -2.39. The fourth-order valence-electron chi connectivity index (χ4n) is 3.74. The number of nitrogens with zero attached hydrogens (tertiary/aromatic N) is 3. The summed E-state index contributed by atoms with van der Waals surface area (Å²) in [7, 11) is -4.35. The molecule has 2 amide bonds. The molecule has 220 valence electrons. The van der Waals surface area contributed by atoms with Gasteiger partial charge in [-0.25, -0.2) is 18.1 Å². The van der Waals surface area contributed by atoms with Crippen LogP contribution in [0.3, 0.4) is 0 Å². The van der Waals surface area contributed by atoms with Gasteiger partial charge in [0, 0.05) is 6.07 Å². The summed E-state index contributed by atoms with van der Waals surface area (Å²) < 4.78 is 33.0. The molecule has 0 heterocycles. The van der Waals surface area contributed by atoms with E-state index in [1.807, 2.05) is 0 Å². The molecule has 0 saturated carbocycles. The molecule has 4 rings (SSSR count). The van der Waals surface area contributed by atoms with Gasteiger partial charge in [0.15, 0.2) is 6.61 Å². The van der Waals surface area contributed by atoms with Gasteiger partial charge in [-0.05, 0) is 60.2 Å². The first-order valence-electron chi connectivity index (χ1n) is 12.6. The van der Waals surface area contributed by atoms with Gasteiger partial charge in [0.2, 0.25) is 0 Å². The molecule has 0 aliphatic rings. The Morgan fingerprint density at radius 1 is 0.907 bits per heavy atom. The molecule has 0 bridgehead atoms. The molecule has 2 N–H and O–H groups in total. The number of hydrazone groups is 1. The second-order valence-corrected chi connectivity index (χ2v) is 11.0. The van der Waals surface area contributed by atoms with Crippen LogP contribution < -0.4 is 19.8 Å². The molecule has 43 heavy (non-hydrogen) atoms. The smallest absolute Gasteiger partial charge is 0.293 e. The maximum atomic E-state index is 13.4. The number of sulfonamides is 1. The van der Waals surface area contributed by atoms with Crippen LogP contribution in [0.5, 0.6) is 5.75 Å². The van der Waals surface area contributed by atoms with Crippen molar-refractivity contribution in [3.63, 3.8) is 0 Å². The Kier molecular flexibility index (Phi) is 10.0. The molecule has 0 atom stereocenters. The highest BCUT2D eigenvalue weighted by atomic mass is 35.5. The lowest BCUT2D eigenvalue weighted by atomic mass is 10.2. The van der Waals surface area contributed by atoms with Crippen molar-refractivity contribution in [1.29, 1.82) is 0 Å². The SMILES string of the molecule is O=C(CN(c1ccccc1[N+](=O)[O-])S(=O)(=O)c1ccccc1)N/N=C\c1ccc(OCC(=O)Nc2ccccc2Cl)cc1. The second-order valence-electron chi connectivity index (χ2n) is 8.75. The van der Waals surface area contributed by atoms with Crippen LogP contribution in [0.4, 0.5) is 17.1 Å². The van der Waals surface area contributed by atoms with Crippen molar-refractivity contribution >= 4 is 56.7 Å². The third-order valence-corrected chi connectivity index (χ3v) is 7.87. The van der Waals surface area contributed by atoms with Crippen LogP contribution in [-0.2, 0) is 19.6 Å². The summed E-state index contributed by atoms with van der Waals surface area (Å²) >= 11 is 6.03. The molecule has 0 radical (unpaired) electrons. The summed E-state index contributed by atoms with van der Waals surface area (Å²) in [6, 6.07) is 25.7. The summed E-state index contributed by atoms with van der Waals surface area (Å²) in [6.07, 6.45) is 1.31. The van der Waals surface area contributed by atoms with Gasteiger partial charge in [-0.2, -0.15) is 5.10 Å². The summed E-state index contributed by atoms with van der Waals surface area (Å²) in [5, 5.41) is 18.5. The summed E-state index contributed by atoms with van der Waals surface area (Å²) in [5.41, 5.74) is 2.51. The Morgan fingerprint density at radius 3 is 2.26 bits per heavy atom. The number of anilines is 2. The van der Waals surface area contributed by atoms with E-state index in [9.17, 15) is 28.1 Å². The number of carbonyl (C=O) groups excluding carboxylic acids is 2. The van der Waals surface area contributed by atoms with Crippen LogP contribution in [0.1, 0.15) is 5.56 Å². The average Bonchev–Trinajstić information content (AvgIpc) is 3.01. The molecule has 12 nitrogen and oxygen atoms in total. The molecular formula is C29H24ClN5O7S. The van der Waals surface area contributed by atoms with Crippen molar-refractivity contribution in [1.82, 2.24) is 5.43 Å². The standard InChI is InChI=1S/C29H24ClN5O7S/c30-24-10-4-5-11-25(24)32-29(37)20-42-22-16-14-21(15-17-22)18-31-33-28(36)19-34(26-12-6-7-13-27(26)35(38)39)43(40,41)23-8-2-1-3-9-23/h1-18H,19-20H2,(H,32,37)(H,33,36)/b31-18-. The van der Waals surface area contributed by atoms with Gasteiger partial charge < -0.3 is 10.1 Å². The molecule has 4 aromatic carbocycles. The highest BCUT2D eigenvalue weighted by Gasteiger charge is 2.31. The van der Waals surface area contributed by atoms with E-state index in [-0.39, 0.29) is 17.2 Å². The molecule has 0 aliphatic heterocycles. The molecule has 0 spiro atoms. The van der Waals surface area contributed by atoms with E-state index >= 15 is 0 Å². The zero-order valence-electron chi connectivity index (χ0n) is 22.3. The zero-order valence-corrected chi connectivity index (χ0v) is 23.9. The van der Waals surface area contributed by atoms with E-state index in [0.717, 1.165) is 6.07 Å². The van der Waals surface area contributed by atoms with Gasteiger partial charge in [-0.3, -0.25) is 19.7 Å². The molecule has 0 unspecified atom stereocenters. The van der Waals surface area contributed by atoms with E-state index in [1.54, 1.807) is 54.6 Å². The number of hydrogen-bond donors (Lipinski definition) is 2. The number of amides is 2. The van der Waals surface area contributed by atoms with Crippen LogP contribution in [0.25, 0.3) is 0 Å². The van der Waals surface area contributed by atoms with Crippen LogP contribution in [-0.4, -0.2) is 44.5 Å². The number of halogens is 1. The molecule has 0 fully saturated rings. The van der Waals surface area contributed by atoms with Crippen molar-refractivity contribution in [3.8, 4) is 5.75 Å². The molecule has 0 saturated heterocycles. The Hall–Kier alpha value is -5.27. The number of nitro benzene ring substituents is 1. The first-order valence-corrected chi connectivity index (χ1v) is 14.4. The lowest BCUT2D eigenvalue weighted by Gasteiger charge is -2.23. The highest BCUT2D eigenvalue weighted by molar-refractivity contribution is 7.92. The molecular weight excluding hydrogens is 598 g/mol. The largest absolute Gasteiger partial charge is 0.484 e. The van der Waals surface area contributed by atoms with E-state index in [2.05, 4.69) is 15.8 Å². The Labute approximate surface area is 251 Å². The van der Waals surface area contributed by atoms with Gasteiger partial charge in [0.25, 0.3) is 27.5 Å². The van der Waals surface area contributed by atoms with E-state index in [0.29, 0.717) is 26.3 Å². The number of nitro groups is 1. The molecule has 0 aromatic heterocycles. The summed E-state index contributed by atoms with van der Waals surface area (Å²) in [6.45, 7) is -1.03. The number of ether oxygens (including phenoxy) is 1. The maximum absolute atomic E-state index is 13.4.